The number of aryl methyl sites for hydroxylation is 1. The lowest BCUT2D eigenvalue weighted by Crippen LogP contribution is -2.41. The summed E-state index contributed by atoms with van der Waals surface area (Å²) in [6, 6.07) is 8.41. The van der Waals surface area contributed by atoms with Crippen LogP contribution in [0.5, 0.6) is 0 Å². The molecule has 0 spiro atoms. The van der Waals surface area contributed by atoms with E-state index in [1.807, 2.05) is 0 Å². The molecule has 1 aliphatic carbocycles. The van der Waals surface area contributed by atoms with Crippen LogP contribution in [0.3, 0.4) is 0 Å². The molecule has 16 heavy (non-hydrogen) atoms. The lowest BCUT2D eigenvalue weighted by Gasteiger charge is -2.38. The van der Waals surface area contributed by atoms with Crippen molar-refractivity contribution in [1.82, 2.24) is 0 Å². The monoisotopic (exact) mass is 218 g/mol. The van der Waals surface area contributed by atoms with Crippen LogP contribution in [0.25, 0.3) is 0 Å². The normalized spacial score (nSPS) is 30.3. The van der Waals surface area contributed by atoms with Gasteiger partial charge in [-0.1, -0.05) is 44.0 Å². The fourth-order valence-corrected chi connectivity index (χ4v) is 2.80. The second kappa shape index (κ2) is 4.58. The molecule has 1 nitrogen and oxygen atoms in total. The molecule has 1 aromatic rings. The first-order chi connectivity index (χ1) is 7.62. The van der Waals surface area contributed by atoms with Crippen molar-refractivity contribution in [2.75, 3.05) is 0 Å². The van der Waals surface area contributed by atoms with Crippen LogP contribution in [0, 0.1) is 12.8 Å². The molecule has 1 aromatic carbocycles. The molecule has 2 atom stereocenters. The van der Waals surface area contributed by atoms with Crippen LogP contribution >= 0.6 is 0 Å². The highest BCUT2D eigenvalue weighted by Gasteiger charge is 2.36. The smallest absolute Gasteiger partial charge is 0.0713 e. The van der Waals surface area contributed by atoms with Gasteiger partial charge in [0.2, 0.25) is 0 Å². The number of benzene rings is 1. The van der Waals surface area contributed by atoms with Crippen LogP contribution in [0.2, 0.25) is 0 Å². The topological polar surface area (TPSA) is 20.2 Å². The third-order valence-corrected chi connectivity index (χ3v) is 4.17. The van der Waals surface area contributed by atoms with Crippen molar-refractivity contribution >= 4 is 0 Å². The highest BCUT2D eigenvalue weighted by Crippen LogP contribution is 2.36. The Morgan fingerprint density at radius 2 is 2.06 bits per heavy atom. The van der Waals surface area contributed by atoms with E-state index < -0.39 is 5.60 Å². The summed E-state index contributed by atoms with van der Waals surface area (Å²) >= 11 is 0. The fourth-order valence-electron chi connectivity index (χ4n) is 2.80. The van der Waals surface area contributed by atoms with Gasteiger partial charge in [0.1, 0.15) is 0 Å². The maximum absolute atomic E-state index is 10.7. The molecule has 0 aromatic heterocycles. The van der Waals surface area contributed by atoms with Crippen molar-refractivity contribution in [3.63, 3.8) is 0 Å². The highest BCUT2D eigenvalue weighted by molar-refractivity contribution is 5.27. The molecule has 2 unspecified atom stereocenters. The molecule has 0 heterocycles. The summed E-state index contributed by atoms with van der Waals surface area (Å²) in [6.45, 7) is 4.32. The van der Waals surface area contributed by atoms with Gasteiger partial charge in [-0.2, -0.15) is 0 Å². The Balaban J connectivity index is 2.16. The Kier molecular flexibility index (Phi) is 3.34. The minimum absolute atomic E-state index is 0.431. The van der Waals surface area contributed by atoms with E-state index >= 15 is 0 Å². The number of rotatable bonds is 2. The molecule has 1 N–H and O–H groups in total. The zero-order valence-corrected chi connectivity index (χ0v) is 10.4. The maximum Gasteiger partial charge on any atom is 0.0713 e. The third-order valence-electron chi connectivity index (χ3n) is 4.17. The summed E-state index contributed by atoms with van der Waals surface area (Å²) in [5, 5.41) is 10.7. The van der Waals surface area contributed by atoms with E-state index in [9.17, 15) is 5.11 Å². The van der Waals surface area contributed by atoms with Crippen LogP contribution in [0.4, 0.5) is 0 Å². The first-order valence-corrected chi connectivity index (χ1v) is 6.39. The molecular weight excluding hydrogens is 196 g/mol. The van der Waals surface area contributed by atoms with Crippen LogP contribution in [0.15, 0.2) is 24.3 Å². The van der Waals surface area contributed by atoms with E-state index in [1.54, 1.807) is 0 Å². The van der Waals surface area contributed by atoms with E-state index in [0.717, 1.165) is 12.8 Å². The van der Waals surface area contributed by atoms with E-state index in [-0.39, 0.29) is 0 Å². The molecule has 0 amide bonds. The number of aliphatic hydroxyl groups is 1. The van der Waals surface area contributed by atoms with Crippen LogP contribution in [-0.4, -0.2) is 10.7 Å². The molecule has 0 radical (unpaired) electrons. The van der Waals surface area contributed by atoms with Crippen molar-refractivity contribution < 1.29 is 5.11 Å². The second-order valence-corrected chi connectivity index (χ2v) is 5.35. The molecule has 2 rings (SSSR count). The molecule has 0 aliphatic heterocycles. The predicted octanol–water partition coefficient (Wildman–Crippen LogP) is 3.48. The average molecular weight is 218 g/mol. The highest BCUT2D eigenvalue weighted by atomic mass is 16.3. The Morgan fingerprint density at radius 1 is 1.31 bits per heavy atom. The van der Waals surface area contributed by atoms with Crippen molar-refractivity contribution in [1.29, 1.82) is 0 Å². The summed E-state index contributed by atoms with van der Waals surface area (Å²) in [5.41, 5.74) is 2.14. The number of hydrogen-bond acceptors (Lipinski definition) is 1. The molecule has 0 bridgehead atoms. The molecule has 1 fully saturated rings. The van der Waals surface area contributed by atoms with Gasteiger partial charge >= 0.3 is 0 Å². The number of hydrogen-bond donors (Lipinski definition) is 1. The van der Waals surface area contributed by atoms with Gasteiger partial charge in [0.05, 0.1) is 5.60 Å². The molecule has 1 heteroatoms. The Labute approximate surface area is 98.5 Å². The molecule has 1 saturated carbocycles. The summed E-state index contributed by atoms with van der Waals surface area (Å²) in [6.07, 6.45) is 5.40. The van der Waals surface area contributed by atoms with Crippen LogP contribution in [0.1, 0.15) is 43.7 Å². The minimum Gasteiger partial charge on any atom is -0.389 e. The van der Waals surface area contributed by atoms with Crippen LogP contribution in [-0.2, 0) is 6.42 Å². The lowest BCUT2D eigenvalue weighted by molar-refractivity contribution is -0.0406. The maximum atomic E-state index is 10.7. The zero-order chi connectivity index (χ0) is 11.6. The molecular formula is C15H22O. The van der Waals surface area contributed by atoms with Gasteiger partial charge in [-0.15, -0.1) is 0 Å². The van der Waals surface area contributed by atoms with Gasteiger partial charge in [-0.25, -0.2) is 0 Å². The standard InChI is InChI=1S/C15H22O/c1-12-7-3-4-9-14(12)11-15(16)10-6-5-8-13(15)2/h3-4,7,9,13,16H,5-6,8,10-11H2,1-2H3. The molecule has 1 aliphatic rings. The summed E-state index contributed by atoms with van der Waals surface area (Å²) < 4.78 is 0. The van der Waals surface area contributed by atoms with Crippen molar-refractivity contribution in [2.24, 2.45) is 5.92 Å². The average Bonchev–Trinajstić information content (AvgIpc) is 2.26. The quantitative estimate of drug-likeness (QED) is 0.805. The second-order valence-electron chi connectivity index (χ2n) is 5.35. The predicted molar refractivity (Wildman–Crippen MR) is 67.5 cm³/mol. The first kappa shape index (κ1) is 11.7. The van der Waals surface area contributed by atoms with Gasteiger partial charge in [-0.3, -0.25) is 0 Å². The van der Waals surface area contributed by atoms with E-state index in [2.05, 4.69) is 38.1 Å². The van der Waals surface area contributed by atoms with Crippen molar-refractivity contribution in [3.05, 3.63) is 35.4 Å². The van der Waals surface area contributed by atoms with E-state index in [0.29, 0.717) is 5.92 Å². The van der Waals surface area contributed by atoms with E-state index in [4.69, 9.17) is 0 Å². The Morgan fingerprint density at radius 3 is 2.75 bits per heavy atom. The minimum atomic E-state index is -0.468. The molecule has 0 saturated heterocycles. The summed E-state index contributed by atoms with van der Waals surface area (Å²) in [4.78, 5) is 0. The zero-order valence-electron chi connectivity index (χ0n) is 10.4. The SMILES string of the molecule is Cc1ccccc1CC1(O)CCCCC1C. The Bertz CT molecular complexity index is 358. The molecule has 88 valence electrons. The van der Waals surface area contributed by atoms with Crippen molar-refractivity contribution in [3.8, 4) is 0 Å². The summed E-state index contributed by atoms with van der Waals surface area (Å²) in [5.74, 6) is 0.431. The van der Waals surface area contributed by atoms with Gasteiger partial charge in [0, 0.05) is 6.42 Å². The largest absolute Gasteiger partial charge is 0.389 e. The summed E-state index contributed by atoms with van der Waals surface area (Å²) in [7, 11) is 0. The van der Waals surface area contributed by atoms with Gasteiger partial charge < -0.3 is 5.11 Å². The lowest BCUT2D eigenvalue weighted by atomic mass is 9.73. The van der Waals surface area contributed by atoms with Gasteiger partial charge in [0.25, 0.3) is 0 Å². The van der Waals surface area contributed by atoms with Gasteiger partial charge in [-0.05, 0) is 36.8 Å². The van der Waals surface area contributed by atoms with Gasteiger partial charge in [0.15, 0.2) is 0 Å². The third kappa shape index (κ3) is 2.30. The Hall–Kier alpha value is -0.820. The fraction of sp³-hybridized carbons (Fsp3) is 0.600. The first-order valence-electron chi connectivity index (χ1n) is 6.39. The van der Waals surface area contributed by atoms with Crippen LogP contribution < -0.4 is 0 Å². The van der Waals surface area contributed by atoms with E-state index in [1.165, 1.54) is 30.4 Å². The van der Waals surface area contributed by atoms with Crippen molar-refractivity contribution in [2.45, 2.75) is 51.6 Å².